The highest BCUT2D eigenvalue weighted by atomic mass is 16.2. The lowest BCUT2D eigenvalue weighted by molar-refractivity contribution is 0.0668. The number of carbonyl (C=O) groups is 1. The zero-order valence-electron chi connectivity index (χ0n) is 9.26. The first-order valence-corrected chi connectivity index (χ1v) is 5.47. The van der Waals surface area contributed by atoms with Crippen LogP contribution >= 0.6 is 0 Å². The first kappa shape index (κ1) is 11.0. The molecule has 1 aromatic rings. The van der Waals surface area contributed by atoms with Crippen LogP contribution in [0.3, 0.4) is 0 Å². The predicted octanol–water partition coefficient (Wildman–Crippen LogP) is -0.601. The van der Waals surface area contributed by atoms with Crippen molar-refractivity contribution >= 4 is 5.91 Å². The summed E-state index contributed by atoms with van der Waals surface area (Å²) >= 11 is 0. The fraction of sp³-hybridized carbons (Fsp3) is 0.778. The number of rotatable bonds is 2. The van der Waals surface area contributed by atoms with E-state index in [0.29, 0.717) is 5.92 Å². The Morgan fingerprint density at radius 2 is 2.25 bits per heavy atom. The van der Waals surface area contributed by atoms with Crippen molar-refractivity contribution in [2.45, 2.75) is 25.8 Å². The third-order valence-corrected chi connectivity index (χ3v) is 3.11. The second-order valence-electron chi connectivity index (χ2n) is 4.22. The molecule has 16 heavy (non-hydrogen) atoms. The van der Waals surface area contributed by atoms with E-state index >= 15 is 0 Å². The number of nitrogens with zero attached hydrogens (tertiary/aromatic N) is 4. The molecule has 3 N–H and O–H groups in total. The first-order chi connectivity index (χ1) is 7.68. The minimum Gasteiger partial charge on any atom is -0.336 e. The normalized spacial score (nSPS) is 19.8. The summed E-state index contributed by atoms with van der Waals surface area (Å²) in [6, 6.07) is 0.197. The molecule has 1 unspecified atom stereocenters. The van der Waals surface area contributed by atoms with E-state index in [1.54, 1.807) is 4.90 Å². The molecule has 1 amide bonds. The van der Waals surface area contributed by atoms with Gasteiger partial charge in [0.1, 0.15) is 0 Å². The number of hydrogen-bond donors (Lipinski definition) is 2. The highest BCUT2D eigenvalue weighted by Gasteiger charge is 2.27. The van der Waals surface area contributed by atoms with Crippen molar-refractivity contribution in [2.24, 2.45) is 11.7 Å². The third kappa shape index (κ3) is 2.19. The zero-order valence-corrected chi connectivity index (χ0v) is 9.26. The molecular formula is C9H16N6O. The number of H-pyrrole nitrogens is 1. The predicted molar refractivity (Wildman–Crippen MR) is 56.5 cm³/mol. The van der Waals surface area contributed by atoms with Gasteiger partial charge in [-0.2, -0.15) is 5.21 Å². The van der Waals surface area contributed by atoms with Crippen LogP contribution in [-0.4, -0.2) is 50.6 Å². The first-order valence-electron chi connectivity index (χ1n) is 5.47. The van der Waals surface area contributed by atoms with Crippen LogP contribution in [0.4, 0.5) is 0 Å². The quantitative estimate of drug-likeness (QED) is 0.698. The Bertz CT molecular complexity index is 341. The van der Waals surface area contributed by atoms with Gasteiger partial charge in [-0.05, 0) is 30.9 Å². The Labute approximate surface area is 93.4 Å². The maximum atomic E-state index is 11.8. The number of nitrogens with two attached hydrogens (primary N) is 1. The largest absolute Gasteiger partial charge is 0.336 e. The van der Waals surface area contributed by atoms with Gasteiger partial charge in [0, 0.05) is 19.1 Å². The third-order valence-electron chi connectivity index (χ3n) is 3.11. The van der Waals surface area contributed by atoms with Gasteiger partial charge in [0.2, 0.25) is 0 Å². The van der Waals surface area contributed by atoms with Gasteiger partial charge in [0.25, 0.3) is 11.7 Å². The van der Waals surface area contributed by atoms with Crippen LogP contribution in [-0.2, 0) is 0 Å². The second kappa shape index (κ2) is 4.56. The van der Waals surface area contributed by atoms with Crippen molar-refractivity contribution < 1.29 is 4.79 Å². The zero-order chi connectivity index (χ0) is 11.5. The summed E-state index contributed by atoms with van der Waals surface area (Å²) < 4.78 is 0. The molecule has 2 heterocycles. The van der Waals surface area contributed by atoms with E-state index in [1.807, 2.05) is 6.92 Å². The summed E-state index contributed by atoms with van der Waals surface area (Å²) in [6.45, 7) is 3.46. The Hall–Kier alpha value is -1.50. The van der Waals surface area contributed by atoms with Gasteiger partial charge >= 0.3 is 0 Å². The topological polar surface area (TPSA) is 101 Å². The van der Waals surface area contributed by atoms with Gasteiger partial charge < -0.3 is 10.6 Å². The maximum Gasteiger partial charge on any atom is 0.295 e. The van der Waals surface area contributed by atoms with E-state index in [4.69, 9.17) is 5.73 Å². The maximum absolute atomic E-state index is 11.8. The summed E-state index contributed by atoms with van der Waals surface area (Å²) in [6.07, 6.45) is 1.89. The summed E-state index contributed by atoms with van der Waals surface area (Å²) in [5.74, 6) is 0.491. The summed E-state index contributed by atoms with van der Waals surface area (Å²) in [7, 11) is 0. The van der Waals surface area contributed by atoms with Crippen LogP contribution < -0.4 is 5.73 Å². The lowest BCUT2D eigenvalue weighted by Gasteiger charge is -2.32. The molecule has 1 aromatic heterocycles. The fourth-order valence-electron chi connectivity index (χ4n) is 2.02. The van der Waals surface area contributed by atoms with Crippen molar-refractivity contribution in [3.63, 3.8) is 0 Å². The van der Waals surface area contributed by atoms with Crippen LogP contribution in [0.5, 0.6) is 0 Å². The Morgan fingerprint density at radius 3 is 2.75 bits per heavy atom. The lowest BCUT2D eigenvalue weighted by Crippen LogP contribution is -2.42. The van der Waals surface area contributed by atoms with Gasteiger partial charge in [0.05, 0.1) is 0 Å². The Kier molecular flexibility index (Phi) is 3.14. The molecule has 0 radical (unpaired) electrons. The molecule has 1 atom stereocenters. The van der Waals surface area contributed by atoms with E-state index in [2.05, 4.69) is 20.6 Å². The number of amides is 1. The molecule has 0 spiro atoms. The monoisotopic (exact) mass is 224 g/mol. The van der Waals surface area contributed by atoms with Crippen LogP contribution in [0.15, 0.2) is 0 Å². The van der Waals surface area contributed by atoms with Crippen molar-refractivity contribution in [1.29, 1.82) is 0 Å². The number of hydrogen-bond acceptors (Lipinski definition) is 5. The molecule has 88 valence electrons. The highest BCUT2D eigenvalue weighted by molar-refractivity contribution is 5.90. The van der Waals surface area contributed by atoms with E-state index in [1.165, 1.54) is 0 Å². The lowest BCUT2D eigenvalue weighted by atomic mass is 9.91. The van der Waals surface area contributed by atoms with Gasteiger partial charge in [-0.25, -0.2) is 0 Å². The smallest absolute Gasteiger partial charge is 0.295 e. The summed E-state index contributed by atoms with van der Waals surface area (Å²) in [5, 5.41) is 13.0. The molecule has 0 aromatic carbocycles. The van der Waals surface area contributed by atoms with Crippen LogP contribution in [0.2, 0.25) is 0 Å². The standard InChI is InChI=1S/C9H16N6O/c1-6(10)7-2-4-15(5-3-7)9(16)8-11-13-14-12-8/h6-7H,2-5,10H2,1H3,(H,11,12,13,14). The Morgan fingerprint density at radius 1 is 1.56 bits per heavy atom. The molecule has 0 aliphatic carbocycles. The van der Waals surface area contributed by atoms with E-state index < -0.39 is 0 Å². The van der Waals surface area contributed by atoms with Crippen LogP contribution in [0, 0.1) is 5.92 Å². The van der Waals surface area contributed by atoms with Crippen molar-refractivity contribution in [2.75, 3.05) is 13.1 Å². The number of tetrazole rings is 1. The molecule has 1 aliphatic rings. The molecular weight excluding hydrogens is 208 g/mol. The van der Waals surface area contributed by atoms with E-state index in [0.717, 1.165) is 25.9 Å². The number of aromatic nitrogens is 4. The fourth-order valence-corrected chi connectivity index (χ4v) is 2.02. The summed E-state index contributed by atoms with van der Waals surface area (Å²) in [5.41, 5.74) is 5.84. The number of nitrogens with one attached hydrogen (secondary N) is 1. The molecule has 1 fully saturated rings. The average Bonchev–Trinajstić information content (AvgIpc) is 2.81. The van der Waals surface area contributed by atoms with E-state index in [9.17, 15) is 4.79 Å². The van der Waals surface area contributed by atoms with Crippen molar-refractivity contribution in [1.82, 2.24) is 25.5 Å². The molecule has 0 bridgehead atoms. The number of likely N-dealkylation sites (tertiary alicyclic amines) is 1. The summed E-state index contributed by atoms with van der Waals surface area (Å²) in [4.78, 5) is 13.6. The van der Waals surface area contributed by atoms with Gasteiger partial charge in [0.15, 0.2) is 0 Å². The minimum absolute atomic E-state index is 0.138. The second-order valence-corrected chi connectivity index (χ2v) is 4.22. The number of piperidine rings is 1. The minimum atomic E-state index is -0.156. The molecule has 7 heteroatoms. The molecule has 1 saturated heterocycles. The Balaban J connectivity index is 1.92. The highest BCUT2D eigenvalue weighted by Crippen LogP contribution is 2.20. The van der Waals surface area contributed by atoms with Gasteiger partial charge in [-0.15, -0.1) is 10.2 Å². The number of aromatic amines is 1. The van der Waals surface area contributed by atoms with Crippen LogP contribution in [0.25, 0.3) is 0 Å². The van der Waals surface area contributed by atoms with Crippen molar-refractivity contribution in [3.05, 3.63) is 5.82 Å². The number of carbonyl (C=O) groups excluding carboxylic acids is 1. The average molecular weight is 224 g/mol. The van der Waals surface area contributed by atoms with E-state index in [-0.39, 0.29) is 17.8 Å². The molecule has 2 rings (SSSR count). The van der Waals surface area contributed by atoms with Crippen LogP contribution in [0.1, 0.15) is 30.4 Å². The molecule has 7 nitrogen and oxygen atoms in total. The molecule has 0 saturated carbocycles. The molecule has 1 aliphatic heterocycles. The van der Waals surface area contributed by atoms with Crippen molar-refractivity contribution in [3.8, 4) is 0 Å². The SMILES string of the molecule is CC(N)C1CCN(C(=O)c2nn[nH]n2)CC1. The van der Waals surface area contributed by atoms with Gasteiger partial charge in [-0.3, -0.25) is 4.79 Å². The van der Waals surface area contributed by atoms with Gasteiger partial charge in [-0.1, -0.05) is 0 Å².